The number of carbonyl (C=O) groups excluding carboxylic acids is 1. The largest absolute Gasteiger partial charge is 0.376 e. The van der Waals surface area contributed by atoms with E-state index in [2.05, 4.69) is 17.6 Å². The first-order valence-electron chi connectivity index (χ1n) is 7.30. The van der Waals surface area contributed by atoms with Crippen molar-refractivity contribution in [3.63, 3.8) is 0 Å². The van der Waals surface area contributed by atoms with Gasteiger partial charge in [0.1, 0.15) is 5.69 Å². The maximum atomic E-state index is 11.7. The van der Waals surface area contributed by atoms with Gasteiger partial charge in [0.2, 0.25) is 0 Å². The highest BCUT2D eigenvalue weighted by molar-refractivity contribution is 5.95. The number of nitrogens with one attached hydrogen (secondary N) is 2. The summed E-state index contributed by atoms with van der Waals surface area (Å²) in [6, 6.07) is 4.66. The number of hydrogen-bond donors (Lipinski definition) is 2. The maximum absolute atomic E-state index is 11.7. The Morgan fingerprint density at radius 2 is 2.05 bits per heavy atom. The maximum Gasteiger partial charge on any atom is 0.292 e. The summed E-state index contributed by atoms with van der Waals surface area (Å²) in [6.45, 7) is 2.16. The van der Waals surface area contributed by atoms with Crippen molar-refractivity contribution in [1.29, 1.82) is 0 Å². The molecule has 0 spiro atoms. The summed E-state index contributed by atoms with van der Waals surface area (Å²) in [7, 11) is 1.54. The van der Waals surface area contributed by atoms with Gasteiger partial charge in [-0.2, -0.15) is 0 Å². The Balaban J connectivity index is 2.29. The summed E-state index contributed by atoms with van der Waals surface area (Å²) < 4.78 is 0. The monoisotopic (exact) mass is 291 g/mol. The van der Waals surface area contributed by atoms with Gasteiger partial charge in [-0.25, -0.2) is 0 Å². The zero-order chi connectivity index (χ0) is 15.4. The number of rotatable bonds is 4. The molecular formula is C15H21N3O3. The zero-order valence-corrected chi connectivity index (χ0v) is 12.4. The lowest BCUT2D eigenvalue weighted by molar-refractivity contribution is -0.384. The van der Waals surface area contributed by atoms with Gasteiger partial charge in [-0.3, -0.25) is 14.9 Å². The molecular weight excluding hydrogens is 270 g/mol. The van der Waals surface area contributed by atoms with Crippen LogP contribution in [0.15, 0.2) is 18.2 Å². The molecule has 0 heterocycles. The SMILES string of the molecule is CNC(=O)c1ccc([N+](=O)[O-])c(NC2CCCCC2C)c1. The quantitative estimate of drug-likeness (QED) is 0.660. The van der Waals surface area contributed by atoms with E-state index in [1.807, 2.05) is 0 Å². The van der Waals surface area contributed by atoms with Gasteiger partial charge in [-0.15, -0.1) is 0 Å². The highest BCUT2D eigenvalue weighted by Crippen LogP contribution is 2.31. The topological polar surface area (TPSA) is 84.3 Å². The lowest BCUT2D eigenvalue weighted by atomic mass is 9.86. The predicted octanol–water partition coefficient (Wildman–Crippen LogP) is 2.95. The highest BCUT2D eigenvalue weighted by Gasteiger charge is 2.24. The fraction of sp³-hybridized carbons (Fsp3) is 0.533. The lowest BCUT2D eigenvalue weighted by Crippen LogP contribution is -2.30. The number of anilines is 1. The average Bonchev–Trinajstić information content (AvgIpc) is 2.48. The van der Waals surface area contributed by atoms with Gasteiger partial charge in [0.15, 0.2) is 0 Å². The number of benzene rings is 1. The second kappa shape index (κ2) is 6.56. The molecule has 1 aromatic rings. The van der Waals surface area contributed by atoms with E-state index in [0.717, 1.165) is 19.3 Å². The molecule has 6 heteroatoms. The Labute approximate surface area is 124 Å². The lowest BCUT2D eigenvalue weighted by Gasteiger charge is -2.30. The van der Waals surface area contributed by atoms with Crippen molar-refractivity contribution in [1.82, 2.24) is 5.32 Å². The van der Waals surface area contributed by atoms with Crippen molar-refractivity contribution in [2.45, 2.75) is 38.6 Å². The first-order valence-corrected chi connectivity index (χ1v) is 7.30. The van der Waals surface area contributed by atoms with Crippen molar-refractivity contribution in [3.05, 3.63) is 33.9 Å². The molecule has 1 aliphatic rings. The zero-order valence-electron chi connectivity index (χ0n) is 12.4. The van der Waals surface area contributed by atoms with Crippen LogP contribution in [-0.4, -0.2) is 23.9 Å². The van der Waals surface area contributed by atoms with Crippen LogP contribution in [0.1, 0.15) is 43.0 Å². The minimum Gasteiger partial charge on any atom is -0.376 e. The summed E-state index contributed by atoms with van der Waals surface area (Å²) in [6.07, 6.45) is 4.47. The Bertz CT molecular complexity index is 545. The van der Waals surface area contributed by atoms with E-state index in [1.165, 1.54) is 18.6 Å². The molecule has 1 aliphatic carbocycles. The molecule has 1 aromatic carbocycles. The van der Waals surface area contributed by atoms with Crippen LogP contribution in [0.3, 0.4) is 0 Å². The minimum absolute atomic E-state index is 0.0143. The van der Waals surface area contributed by atoms with E-state index in [4.69, 9.17) is 0 Å². The van der Waals surface area contributed by atoms with Gasteiger partial charge in [0.25, 0.3) is 11.6 Å². The number of hydrogen-bond acceptors (Lipinski definition) is 4. The van der Waals surface area contributed by atoms with E-state index in [0.29, 0.717) is 17.2 Å². The van der Waals surface area contributed by atoms with Crippen LogP contribution in [0.4, 0.5) is 11.4 Å². The number of nitro groups is 1. The molecule has 6 nitrogen and oxygen atoms in total. The summed E-state index contributed by atoms with van der Waals surface area (Å²) in [4.78, 5) is 22.4. The average molecular weight is 291 g/mol. The van der Waals surface area contributed by atoms with Crippen LogP contribution in [0, 0.1) is 16.0 Å². The Kier molecular flexibility index (Phi) is 4.77. The first kappa shape index (κ1) is 15.3. The molecule has 0 radical (unpaired) electrons. The van der Waals surface area contributed by atoms with Crippen LogP contribution in [0.5, 0.6) is 0 Å². The van der Waals surface area contributed by atoms with Gasteiger partial charge in [-0.05, 0) is 30.9 Å². The van der Waals surface area contributed by atoms with Crippen LogP contribution >= 0.6 is 0 Å². The van der Waals surface area contributed by atoms with Gasteiger partial charge in [0.05, 0.1) is 4.92 Å². The fourth-order valence-electron chi connectivity index (χ4n) is 2.83. The second-order valence-corrected chi connectivity index (χ2v) is 5.58. The third-order valence-electron chi connectivity index (χ3n) is 4.13. The Morgan fingerprint density at radius 3 is 2.67 bits per heavy atom. The normalized spacial score (nSPS) is 21.6. The first-order chi connectivity index (χ1) is 10.0. The van der Waals surface area contributed by atoms with Crippen LogP contribution in [0.2, 0.25) is 0 Å². The number of nitrogens with zero attached hydrogens (tertiary/aromatic N) is 1. The Morgan fingerprint density at radius 1 is 1.33 bits per heavy atom. The van der Waals surface area contributed by atoms with Crippen molar-refractivity contribution in [3.8, 4) is 0 Å². The third-order valence-corrected chi connectivity index (χ3v) is 4.13. The molecule has 0 aliphatic heterocycles. The van der Waals surface area contributed by atoms with Gasteiger partial charge >= 0.3 is 0 Å². The molecule has 2 atom stereocenters. The van der Waals surface area contributed by atoms with E-state index >= 15 is 0 Å². The molecule has 114 valence electrons. The van der Waals surface area contributed by atoms with E-state index in [9.17, 15) is 14.9 Å². The van der Waals surface area contributed by atoms with Gasteiger partial charge < -0.3 is 10.6 Å². The molecule has 0 saturated heterocycles. The van der Waals surface area contributed by atoms with Crippen molar-refractivity contribution in [2.75, 3.05) is 12.4 Å². The van der Waals surface area contributed by atoms with Gasteiger partial charge in [0, 0.05) is 24.7 Å². The van der Waals surface area contributed by atoms with Crippen LogP contribution < -0.4 is 10.6 Å². The van der Waals surface area contributed by atoms with Crippen molar-refractivity contribution in [2.24, 2.45) is 5.92 Å². The molecule has 1 amide bonds. The van der Waals surface area contributed by atoms with Crippen LogP contribution in [0.25, 0.3) is 0 Å². The molecule has 1 fully saturated rings. The summed E-state index contributed by atoms with van der Waals surface area (Å²) in [5.74, 6) is 0.228. The fourth-order valence-corrected chi connectivity index (χ4v) is 2.83. The number of nitro benzene ring substituents is 1. The smallest absolute Gasteiger partial charge is 0.292 e. The molecule has 0 aromatic heterocycles. The Hall–Kier alpha value is -2.11. The van der Waals surface area contributed by atoms with Gasteiger partial charge in [-0.1, -0.05) is 19.8 Å². The molecule has 2 N–H and O–H groups in total. The van der Waals surface area contributed by atoms with Crippen molar-refractivity contribution < 1.29 is 9.72 Å². The molecule has 2 rings (SSSR count). The molecule has 1 saturated carbocycles. The van der Waals surface area contributed by atoms with E-state index in [1.54, 1.807) is 13.1 Å². The summed E-state index contributed by atoms with van der Waals surface area (Å²) in [5.41, 5.74) is 0.870. The standard InChI is InChI=1S/C15H21N3O3/c1-10-5-3-4-6-12(10)17-13-9-11(15(19)16-2)7-8-14(13)18(20)21/h7-10,12,17H,3-6H2,1-2H3,(H,16,19). The third kappa shape index (κ3) is 3.51. The predicted molar refractivity (Wildman–Crippen MR) is 81.5 cm³/mol. The molecule has 21 heavy (non-hydrogen) atoms. The summed E-state index contributed by atoms with van der Waals surface area (Å²) >= 11 is 0. The van der Waals surface area contributed by atoms with Crippen molar-refractivity contribution >= 4 is 17.3 Å². The highest BCUT2D eigenvalue weighted by atomic mass is 16.6. The number of amides is 1. The minimum atomic E-state index is -0.413. The molecule has 0 bridgehead atoms. The summed E-state index contributed by atoms with van der Waals surface area (Å²) in [5, 5.41) is 17.0. The second-order valence-electron chi connectivity index (χ2n) is 5.58. The number of carbonyl (C=O) groups is 1. The molecule has 2 unspecified atom stereocenters. The van der Waals surface area contributed by atoms with Crippen LogP contribution in [-0.2, 0) is 0 Å². The van der Waals surface area contributed by atoms with E-state index < -0.39 is 4.92 Å². The van der Waals surface area contributed by atoms with E-state index in [-0.39, 0.29) is 17.6 Å².